The van der Waals surface area contributed by atoms with Gasteiger partial charge in [0.2, 0.25) is 0 Å². The molecule has 1 aromatic heterocycles. The molecule has 4 nitrogen and oxygen atoms in total. The molecule has 4 heteroatoms. The predicted octanol–water partition coefficient (Wildman–Crippen LogP) is 1.50. The highest BCUT2D eigenvalue weighted by molar-refractivity contribution is 5.40. The summed E-state index contributed by atoms with van der Waals surface area (Å²) in [5.74, 6) is 0.672. The van der Waals surface area contributed by atoms with Gasteiger partial charge in [0.1, 0.15) is 5.60 Å². The lowest BCUT2D eigenvalue weighted by atomic mass is 10.1. The van der Waals surface area contributed by atoms with Crippen molar-refractivity contribution in [2.75, 3.05) is 12.8 Å². The van der Waals surface area contributed by atoms with Gasteiger partial charge in [0.25, 0.3) is 0 Å². The third kappa shape index (κ3) is 2.01. The molecule has 0 aliphatic heterocycles. The standard InChI is InChI=1S/C10H17N3O/c1-5-8-7(11)6-12-9(13-8)10(2,3)14-4/h6H,5,11H2,1-4H3. The van der Waals surface area contributed by atoms with Crippen LogP contribution in [0.5, 0.6) is 0 Å². The van der Waals surface area contributed by atoms with Crippen LogP contribution < -0.4 is 5.73 Å². The number of ether oxygens (including phenoxy) is 1. The number of hydrogen-bond acceptors (Lipinski definition) is 4. The average Bonchev–Trinajstić information content (AvgIpc) is 2.18. The first kappa shape index (κ1) is 10.9. The molecule has 1 rings (SSSR count). The van der Waals surface area contributed by atoms with Gasteiger partial charge in [-0.25, -0.2) is 9.97 Å². The fraction of sp³-hybridized carbons (Fsp3) is 0.600. The van der Waals surface area contributed by atoms with Crippen molar-refractivity contribution >= 4 is 5.69 Å². The van der Waals surface area contributed by atoms with E-state index in [-0.39, 0.29) is 0 Å². The van der Waals surface area contributed by atoms with Gasteiger partial charge in [0, 0.05) is 7.11 Å². The smallest absolute Gasteiger partial charge is 0.160 e. The second kappa shape index (κ2) is 3.92. The highest BCUT2D eigenvalue weighted by Gasteiger charge is 2.23. The zero-order valence-corrected chi connectivity index (χ0v) is 9.16. The van der Waals surface area contributed by atoms with Crippen LogP contribution in [0.15, 0.2) is 6.20 Å². The Morgan fingerprint density at radius 3 is 2.64 bits per heavy atom. The molecule has 0 atom stereocenters. The van der Waals surface area contributed by atoms with Crippen molar-refractivity contribution in [1.82, 2.24) is 9.97 Å². The molecule has 0 radical (unpaired) electrons. The third-order valence-electron chi connectivity index (χ3n) is 2.28. The summed E-state index contributed by atoms with van der Waals surface area (Å²) in [6.07, 6.45) is 2.45. The van der Waals surface area contributed by atoms with Crippen molar-refractivity contribution in [3.05, 3.63) is 17.7 Å². The van der Waals surface area contributed by atoms with E-state index in [0.717, 1.165) is 12.1 Å². The number of aromatic nitrogens is 2. The van der Waals surface area contributed by atoms with Gasteiger partial charge in [-0.15, -0.1) is 0 Å². The van der Waals surface area contributed by atoms with Crippen molar-refractivity contribution in [2.45, 2.75) is 32.8 Å². The minimum Gasteiger partial charge on any atom is -0.396 e. The summed E-state index contributed by atoms with van der Waals surface area (Å²) in [6.45, 7) is 5.87. The van der Waals surface area contributed by atoms with Gasteiger partial charge < -0.3 is 10.5 Å². The molecule has 0 fully saturated rings. The van der Waals surface area contributed by atoms with E-state index in [1.54, 1.807) is 13.3 Å². The zero-order valence-electron chi connectivity index (χ0n) is 9.16. The molecule has 0 amide bonds. The molecule has 0 bridgehead atoms. The van der Waals surface area contributed by atoms with E-state index in [9.17, 15) is 0 Å². The van der Waals surface area contributed by atoms with Crippen molar-refractivity contribution in [3.8, 4) is 0 Å². The van der Waals surface area contributed by atoms with Crippen LogP contribution in [0.4, 0.5) is 5.69 Å². The minimum absolute atomic E-state index is 0.461. The molecule has 0 saturated heterocycles. The first-order valence-electron chi connectivity index (χ1n) is 4.68. The lowest BCUT2D eigenvalue weighted by molar-refractivity contribution is 0.0113. The maximum atomic E-state index is 5.72. The van der Waals surface area contributed by atoms with Gasteiger partial charge in [0.05, 0.1) is 17.6 Å². The number of nitrogens with zero attached hydrogens (tertiary/aromatic N) is 2. The maximum Gasteiger partial charge on any atom is 0.160 e. The number of nitrogens with two attached hydrogens (primary N) is 1. The molecule has 0 unspecified atom stereocenters. The Kier molecular flexibility index (Phi) is 3.06. The van der Waals surface area contributed by atoms with Gasteiger partial charge in [-0.1, -0.05) is 6.92 Å². The molecule has 0 aromatic carbocycles. The zero-order chi connectivity index (χ0) is 10.8. The third-order valence-corrected chi connectivity index (χ3v) is 2.28. The van der Waals surface area contributed by atoms with E-state index in [0.29, 0.717) is 11.5 Å². The summed E-state index contributed by atoms with van der Waals surface area (Å²) in [6, 6.07) is 0. The van der Waals surface area contributed by atoms with Crippen LogP contribution in [0, 0.1) is 0 Å². The molecule has 0 aliphatic carbocycles. The highest BCUT2D eigenvalue weighted by atomic mass is 16.5. The van der Waals surface area contributed by atoms with Gasteiger partial charge in [-0.2, -0.15) is 0 Å². The summed E-state index contributed by atoms with van der Waals surface area (Å²) in [5.41, 5.74) is 6.78. The Morgan fingerprint density at radius 2 is 2.14 bits per heavy atom. The van der Waals surface area contributed by atoms with Crippen LogP contribution in [-0.4, -0.2) is 17.1 Å². The lowest BCUT2D eigenvalue weighted by Gasteiger charge is -2.21. The van der Waals surface area contributed by atoms with Gasteiger partial charge in [-0.3, -0.25) is 0 Å². The number of hydrogen-bond donors (Lipinski definition) is 1. The molecule has 1 heterocycles. The van der Waals surface area contributed by atoms with Crippen LogP contribution >= 0.6 is 0 Å². The fourth-order valence-corrected chi connectivity index (χ4v) is 1.09. The van der Waals surface area contributed by atoms with Crippen LogP contribution in [0.3, 0.4) is 0 Å². The van der Waals surface area contributed by atoms with E-state index >= 15 is 0 Å². The second-order valence-corrected chi connectivity index (χ2v) is 3.66. The minimum atomic E-state index is -0.461. The summed E-state index contributed by atoms with van der Waals surface area (Å²) in [5, 5.41) is 0. The molecule has 14 heavy (non-hydrogen) atoms. The van der Waals surface area contributed by atoms with Crippen LogP contribution in [0.2, 0.25) is 0 Å². The number of aryl methyl sites for hydroxylation is 1. The number of methoxy groups -OCH3 is 1. The van der Waals surface area contributed by atoms with Gasteiger partial charge in [0.15, 0.2) is 5.82 Å². The van der Waals surface area contributed by atoms with Crippen molar-refractivity contribution in [2.24, 2.45) is 0 Å². The molecule has 2 N–H and O–H groups in total. The van der Waals surface area contributed by atoms with E-state index in [2.05, 4.69) is 9.97 Å². The van der Waals surface area contributed by atoms with Crippen LogP contribution in [0.25, 0.3) is 0 Å². The van der Waals surface area contributed by atoms with Crippen molar-refractivity contribution < 1.29 is 4.74 Å². The monoisotopic (exact) mass is 195 g/mol. The molecule has 0 aliphatic rings. The van der Waals surface area contributed by atoms with Gasteiger partial charge in [-0.05, 0) is 20.3 Å². The predicted molar refractivity (Wildman–Crippen MR) is 55.9 cm³/mol. The maximum absolute atomic E-state index is 5.72. The van der Waals surface area contributed by atoms with E-state index in [1.165, 1.54) is 0 Å². The number of nitrogen functional groups attached to an aromatic ring is 1. The molecular weight excluding hydrogens is 178 g/mol. The normalized spacial score (nSPS) is 11.7. The SMILES string of the molecule is CCc1nc(C(C)(C)OC)ncc1N. The molecule has 0 spiro atoms. The fourth-order valence-electron chi connectivity index (χ4n) is 1.09. The van der Waals surface area contributed by atoms with Crippen molar-refractivity contribution in [3.63, 3.8) is 0 Å². The summed E-state index contributed by atoms with van der Waals surface area (Å²) < 4.78 is 5.30. The Labute approximate surface area is 84.5 Å². The summed E-state index contributed by atoms with van der Waals surface area (Å²) in [4.78, 5) is 8.54. The lowest BCUT2D eigenvalue weighted by Crippen LogP contribution is -2.23. The van der Waals surface area contributed by atoms with Crippen molar-refractivity contribution in [1.29, 1.82) is 0 Å². The highest BCUT2D eigenvalue weighted by Crippen LogP contribution is 2.21. The Hall–Kier alpha value is -1.16. The van der Waals surface area contributed by atoms with E-state index in [1.807, 2.05) is 20.8 Å². The van der Waals surface area contributed by atoms with Gasteiger partial charge >= 0.3 is 0 Å². The van der Waals surface area contributed by atoms with E-state index < -0.39 is 5.60 Å². The van der Waals surface area contributed by atoms with Crippen LogP contribution in [0.1, 0.15) is 32.3 Å². The first-order chi connectivity index (χ1) is 6.51. The number of anilines is 1. The Morgan fingerprint density at radius 1 is 1.50 bits per heavy atom. The topological polar surface area (TPSA) is 61.0 Å². The largest absolute Gasteiger partial charge is 0.396 e. The summed E-state index contributed by atoms with van der Waals surface area (Å²) >= 11 is 0. The van der Waals surface area contributed by atoms with E-state index in [4.69, 9.17) is 10.5 Å². The quantitative estimate of drug-likeness (QED) is 0.794. The first-order valence-corrected chi connectivity index (χ1v) is 4.68. The van der Waals surface area contributed by atoms with Crippen LogP contribution in [-0.2, 0) is 16.8 Å². The molecule has 1 aromatic rings. The Bertz CT molecular complexity index is 323. The average molecular weight is 195 g/mol. The number of rotatable bonds is 3. The molecular formula is C10H17N3O. The summed E-state index contributed by atoms with van der Waals surface area (Å²) in [7, 11) is 1.64. The second-order valence-electron chi connectivity index (χ2n) is 3.66. The molecule has 0 saturated carbocycles. The Balaban J connectivity index is 3.12. The molecule has 78 valence electrons.